The third-order valence-electron chi connectivity index (χ3n) is 3.57. The molecule has 0 aliphatic rings. The van der Waals surface area contributed by atoms with Crippen LogP contribution >= 0.6 is 0 Å². The summed E-state index contributed by atoms with van der Waals surface area (Å²) in [5, 5.41) is 5.89. The van der Waals surface area contributed by atoms with Gasteiger partial charge in [-0.05, 0) is 37.5 Å². The molecule has 2 aromatic rings. The van der Waals surface area contributed by atoms with Gasteiger partial charge >= 0.3 is 6.03 Å². The van der Waals surface area contributed by atoms with Crippen LogP contribution in [0, 0.1) is 6.92 Å². The third-order valence-corrected chi connectivity index (χ3v) is 3.57. The molecule has 0 fully saturated rings. The Morgan fingerprint density at radius 1 is 1.10 bits per heavy atom. The van der Waals surface area contributed by atoms with E-state index >= 15 is 0 Å². The Kier molecular flexibility index (Phi) is 4.99. The van der Waals surface area contributed by atoms with Gasteiger partial charge in [-0.25, -0.2) is 4.79 Å². The molecule has 2 amide bonds. The first-order valence-electron chi connectivity index (χ1n) is 7.32. The van der Waals surface area contributed by atoms with Crippen molar-refractivity contribution in [1.29, 1.82) is 0 Å². The van der Waals surface area contributed by atoms with Gasteiger partial charge in [0.25, 0.3) is 0 Å². The first-order chi connectivity index (χ1) is 10.1. The van der Waals surface area contributed by atoms with Gasteiger partial charge in [0, 0.05) is 5.69 Å². The molecule has 0 aromatic heterocycles. The molecule has 2 rings (SSSR count). The molecule has 2 N–H and O–H groups in total. The molecule has 2 aromatic carbocycles. The number of carbonyl (C=O) groups is 1. The van der Waals surface area contributed by atoms with Gasteiger partial charge in [-0.15, -0.1) is 0 Å². The van der Waals surface area contributed by atoms with Crippen molar-refractivity contribution in [3.8, 4) is 0 Å². The number of anilines is 1. The van der Waals surface area contributed by atoms with E-state index in [1.807, 2.05) is 43.3 Å². The first-order valence-corrected chi connectivity index (χ1v) is 7.32. The molecule has 3 nitrogen and oxygen atoms in total. The molecule has 0 saturated heterocycles. The molecular weight excluding hydrogens is 260 g/mol. The Labute approximate surface area is 126 Å². The zero-order chi connectivity index (χ0) is 15.2. The Bertz CT molecular complexity index is 605. The average molecular weight is 282 g/mol. The average Bonchev–Trinajstić information content (AvgIpc) is 2.48. The van der Waals surface area contributed by atoms with E-state index in [0.29, 0.717) is 0 Å². The number of para-hydroxylation sites is 1. The van der Waals surface area contributed by atoms with Crippen LogP contribution in [0.2, 0.25) is 0 Å². The minimum atomic E-state index is -0.177. The van der Waals surface area contributed by atoms with Crippen LogP contribution in [-0.2, 0) is 6.42 Å². The van der Waals surface area contributed by atoms with Gasteiger partial charge in [0.2, 0.25) is 0 Å². The molecule has 0 unspecified atom stereocenters. The number of amides is 2. The van der Waals surface area contributed by atoms with Gasteiger partial charge in [0.15, 0.2) is 0 Å². The van der Waals surface area contributed by atoms with Gasteiger partial charge in [-0.2, -0.15) is 0 Å². The van der Waals surface area contributed by atoms with Gasteiger partial charge in [-0.1, -0.05) is 55.0 Å². The lowest BCUT2D eigenvalue weighted by Crippen LogP contribution is -2.31. The summed E-state index contributed by atoms with van der Waals surface area (Å²) in [6.07, 6.45) is 0.893. The van der Waals surface area contributed by atoms with Gasteiger partial charge in [0.05, 0.1) is 6.04 Å². The Balaban J connectivity index is 1.99. The van der Waals surface area contributed by atoms with E-state index in [4.69, 9.17) is 0 Å². The van der Waals surface area contributed by atoms with Crippen molar-refractivity contribution < 1.29 is 4.79 Å². The Morgan fingerprint density at radius 3 is 2.43 bits per heavy atom. The van der Waals surface area contributed by atoms with Crippen molar-refractivity contribution >= 4 is 11.7 Å². The van der Waals surface area contributed by atoms with E-state index in [9.17, 15) is 4.79 Å². The number of aryl methyl sites for hydroxylation is 2. The monoisotopic (exact) mass is 282 g/mol. The fourth-order valence-electron chi connectivity index (χ4n) is 2.24. The highest BCUT2D eigenvalue weighted by atomic mass is 16.2. The molecule has 0 heterocycles. The van der Waals surface area contributed by atoms with Crippen molar-refractivity contribution in [1.82, 2.24) is 5.32 Å². The lowest BCUT2D eigenvalue weighted by atomic mass is 10.1. The van der Waals surface area contributed by atoms with Gasteiger partial charge in [-0.3, -0.25) is 0 Å². The number of nitrogens with one attached hydrogen (secondary N) is 2. The Morgan fingerprint density at radius 2 is 1.76 bits per heavy atom. The summed E-state index contributed by atoms with van der Waals surface area (Å²) in [5.41, 5.74) is 4.32. The van der Waals surface area contributed by atoms with Crippen LogP contribution in [-0.4, -0.2) is 6.03 Å². The van der Waals surface area contributed by atoms with Crippen LogP contribution in [0.4, 0.5) is 10.5 Å². The zero-order valence-corrected chi connectivity index (χ0v) is 12.8. The third kappa shape index (κ3) is 4.09. The SMILES string of the molecule is CCc1ccccc1NC(=O)N[C@@H](C)c1ccc(C)cc1. The van der Waals surface area contributed by atoms with Crippen LogP contribution in [0.15, 0.2) is 48.5 Å². The second-order valence-corrected chi connectivity index (χ2v) is 5.24. The molecular formula is C18H22N2O. The lowest BCUT2D eigenvalue weighted by Gasteiger charge is -2.16. The quantitative estimate of drug-likeness (QED) is 0.855. The standard InChI is InChI=1S/C18H22N2O/c1-4-15-7-5-6-8-17(15)20-18(21)19-14(3)16-11-9-13(2)10-12-16/h5-12,14H,4H2,1-3H3,(H2,19,20,21)/t14-/m0/s1. The molecule has 0 aliphatic carbocycles. The van der Waals surface area contributed by atoms with E-state index in [2.05, 4.69) is 36.6 Å². The molecule has 0 radical (unpaired) electrons. The number of benzene rings is 2. The van der Waals surface area contributed by atoms with E-state index in [1.54, 1.807) is 0 Å². The van der Waals surface area contributed by atoms with Crippen LogP contribution in [0.1, 0.15) is 36.6 Å². The Hall–Kier alpha value is -2.29. The van der Waals surface area contributed by atoms with E-state index < -0.39 is 0 Å². The summed E-state index contributed by atoms with van der Waals surface area (Å²) in [5.74, 6) is 0. The normalized spacial score (nSPS) is 11.8. The number of urea groups is 1. The van der Waals surface area contributed by atoms with Crippen molar-refractivity contribution in [3.63, 3.8) is 0 Å². The van der Waals surface area contributed by atoms with Gasteiger partial charge < -0.3 is 10.6 Å². The number of carbonyl (C=O) groups excluding carboxylic acids is 1. The van der Waals surface area contributed by atoms with Crippen molar-refractivity contribution in [3.05, 3.63) is 65.2 Å². The highest BCUT2D eigenvalue weighted by Gasteiger charge is 2.10. The van der Waals surface area contributed by atoms with E-state index in [0.717, 1.165) is 23.2 Å². The number of hydrogen-bond acceptors (Lipinski definition) is 1. The summed E-state index contributed by atoms with van der Waals surface area (Å²) < 4.78 is 0. The summed E-state index contributed by atoms with van der Waals surface area (Å²) >= 11 is 0. The molecule has 3 heteroatoms. The predicted molar refractivity (Wildman–Crippen MR) is 87.6 cm³/mol. The minimum absolute atomic E-state index is 0.0283. The maximum Gasteiger partial charge on any atom is 0.319 e. The number of hydrogen-bond donors (Lipinski definition) is 2. The van der Waals surface area contributed by atoms with Gasteiger partial charge in [0.1, 0.15) is 0 Å². The van der Waals surface area contributed by atoms with Crippen molar-refractivity contribution in [2.75, 3.05) is 5.32 Å². The first kappa shape index (κ1) is 15.1. The molecule has 21 heavy (non-hydrogen) atoms. The smallest absolute Gasteiger partial charge is 0.319 e. The largest absolute Gasteiger partial charge is 0.331 e. The molecule has 0 aliphatic heterocycles. The second kappa shape index (κ2) is 6.93. The fraction of sp³-hybridized carbons (Fsp3) is 0.278. The van der Waals surface area contributed by atoms with E-state index in [1.165, 1.54) is 5.56 Å². The maximum atomic E-state index is 12.1. The molecule has 1 atom stereocenters. The van der Waals surface area contributed by atoms with Crippen molar-refractivity contribution in [2.45, 2.75) is 33.2 Å². The molecule has 0 spiro atoms. The van der Waals surface area contributed by atoms with Crippen LogP contribution in [0.3, 0.4) is 0 Å². The van der Waals surface area contributed by atoms with Crippen LogP contribution < -0.4 is 10.6 Å². The summed E-state index contributed by atoms with van der Waals surface area (Å²) in [7, 11) is 0. The zero-order valence-electron chi connectivity index (χ0n) is 12.8. The number of rotatable bonds is 4. The lowest BCUT2D eigenvalue weighted by molar-refractivity contribution is 0.249. The molecule has 0 bridgehead atoms. The summed E-state index contributed by atoms with van der Waals surface area (Å²) in [6.45, 7) is 6.11. The maximum absolute atomic E-state index is 12.1. The van der Waals surface area contributed by atoms with Crippen LogP contribution in [0.25, 0.3) is 0 Å². The molecule has 0 saturated carbocycles. The molecule has 110 valence electrons. The minimum Gasteiger partial charge on any atom is -0.331 e. The summed E-state index contributed by atoms with van der Waals surface area (Å²) in [6, 6.07) is 15.8. The van der Waals surface area contributed by atoms with Crippen molar-refractivity contribution in [2.24, 2.45) is 0 Å². The van der Waals surface area contributed by atoms with E-state index in [-0.39, 0.29) is 12.1 Å². The topological polar surface area (TPSA) is 41.1 Å². The van der Waals surface area contributed by atoms with Crippen LogP contribution in [0.5, 0.6) is 0 Å². The highest BCUT2D eigenvalue weighted by Crippen LogP contribution is 2.17. The second-order valence-electron chi connectivity index (χ2n) is 5.24. The highest BCUT2D eigenvalue weighted by molar-refractivity contribution is 5.90. The fourth-order valence-corrected chi connectivity index (χ4v) is 2.24. The predicted octanol–water partition coefficient (Wildman–Crippen LogP) is 4.44. The summed E-state index contributed by atoms with van der Waals surface area (Å²) in [4.78, 5) is 12.1.